The lowest BCUT2D eigenvalue weighted by Gasteiger charge is -2.35. The van der Waals surface area contributed by atoms with E-state index in [2.05, 4.69) is 0 Å². The number of hydrogen-bond donors (Lipinski definition) is 0. The molecule has 2 amide bonds. The second kappa shape index (κ2) is 9.68. The largest absolute Gasteiger partial charge is 0.493 e. The van der Waals surface area contributed by atoms with E-state index in [4.69, 9.17) is 14.2 Å². The maximum absolute atomic E-state index is 14.2. The van der Waals surface area contributed by atoms with Crippen LogP contribution in [-0.2, 0) is 14.3 Å². The van der Waals surface area contributed by atoms with Gasteiger partial charge in [-0.1, -0.05) is 36.4 Å². The van der Waals surface area contributed by atoms with Crippen molar-refractivity contribution >= 4 is 35.3 Å². The van der Waals surface area contributed by atoms with Crippen LogP contribution in [0.5, 0.6) is 11.5 Å². The lowest BCUT2D eigenvalue weighted by molar-refractivity contribution is -0.123. The number of methoxy groups -OCH3 is 3. The number of ketones is 1. The van der Waals surface area contributed by atoms with Crippen molar-refractivity contribution in [1.29, 1.82) is 0 Å². The second-order valence-corrected chi connectivity index (χ2v) is 9.79. The van der Waals surface area contributed by atoms with Gasteiger partial charge in [0.2, 0.25) is 11.8 Å². The summed E-state index contributed by atoms with van der Waals surface area (Å²) in [6.07, 6.45) is 3.68. The van der Waals surface area contributed by atoms with Crippen LogP contribution >= 0.6 is 0 Å². The summed E-state index contributed by atoms with van der Waals surface area (Å²) >= 11 is 0. The van der Waals surface area contributed by atoms with Crippen LogP contribution in [0.15, 0.2) is 72.9 Å². The zero-order chi connectivity index (χ0) is 28.1. The molecule has 2 saturated heterocycles. The number of Topliss-reactive ketones (excluding diaryl/α,β-unsaturated/α-hetero) is 1. The molecule has 0 bridgehead atoms. The average molecular weight is 539 g/mol. The maximum atomic E-state index is 14.2. The van der Waals surface area contributed by atoms with Gasteiger partial charge in [0.25, 0.3) is 0 Å². The van der Waals surface area contributed by atoms with Crippen LogP contribution in [0.2, 0.25) is 0 Å². The van der Waals surface area contributed by atoms with Gasteiger partial charge in [-0.25, -0.2) is 9.69 Å². The zero-order valence-electron chi connectivity index (χ0n) is 22.1. The van der Waals surface area contributed by atoms with Gasteiger partial charge in [-0.3, -0.25) is 14.4 Å². The molecule has 3 aliphatic rings. The predicted molar refractivity (Wildman–Crippen MR) is 145 cm³/mol. The fraction of sp³-hybridized carbons (Fsp3) is 0.226. The first kappa shape index (κ1) is 25.4. The van der Waals surface area contributed by atoms with E-state index in [-0.39, 0.29) is 17.0 Å². The molecule has 0 spiro atoms. The summed E-state index contributed by atoms with van der Waals surface area (Å²) in [4.78, 5) is 58.0. The molecule has 3 aliphatic heterocycles. The number of carbonyl (C=O) groups is 4. The van der Waals surface area contributed by atoms with E-state index in [1.807, 2.05) is 35.2 Å². The summed E-state index contributed by atoms with van der Waals surface area (Å²) in [6.45, 7) is 0. The van der Waals surface area contributed by atoms with Crippen LogP contribution in [0.3, 0.4) is 0 Å². The predicted octanol–water partition coefficient (Wildman–Crippen LogP) is 3.89. The lowest BCUT2D eigenvalue weighted by atomic mass is 9.83. The average Bonchev–Trinajstić information content (AvgIpc) is 3.47. The van der Waals surface area contributed by atoms with Gasteiger partial charge in [0, 0.05) is 11.8 Å². The van der Waals surface area contributed by atoms with Gasteiger partial charge in [0.05, 0.1) is 50.5 Å². The highest BCUT2D eigenvalue weighted by Gasteiger charge is 2.64. The van der Waals surface area contributed by atoms with E-state index in [0.717, 1.165) is 16.0 Å². The molecule has 6 rings (SSSR count). The van der Waals surface area contributed by atoms with Gasteiger partial charge in [-0.15, -0.1) is 0 Å². The van der Waals surface area contributed by atoms with Crippen molar-refractivity contribution in [2.45, 2.75) is 12.1 Å². The molecule has 0 aliphatic carbocycles. The SMILES string of the molecule is COC(=O)c1ccccc1N1C(=O)[C@@H]2[C@H](C1=O)[C@H]1c3ccccc3C=CN1[C@H]2C(=O)c1ccc(OC)c(OC)c1. The molecule has 0 N–H and O–H groups in total. The minimum atomic E-state index is -0.986. The number of imide groups is 1. The minimum Gasteiger partial charge on any atom is -0.493 e. The first-order valence-corrected chi connectivity index (χ1v) is 12.8. The van der Waals surface area contributed by atoms with Crippen LogP contribution < -0.4 is 14.4 Å². The monoisotopic (exact) mass is 538 g/mol. The first-order valence-electron chi connectivity index (χ1n) is 12.8. The molecule has 3 aromatic rings. The van der Waals surface area contributed by atoms with E-state index in [0.29, 0.717) is 17.1 Å². The third kappa shape index (κ3) is 3.61. The summed E-state index contributed by atoms with van der Waals surface area (Å²) in [5.74, 6) is -2.99. The quantitative estimate of drug-likeness (QED) is 0.265. The Morgan fingerprint density at radius 2 is 1.50 bits per heavy atom. The normalized spacial score (nSPS) is 22.5. The molecule has 3 heterocycles. The van der Waals surface area contributed by atoms with Crippen molar-refractivity contribution in [3.05, 3.63) is 95.2 Å². The Hall–Kier alpha value is -4.92. The number of benzene rings is 3. The number of para-hydroxylation sites is 1. The van der Waals surface area contributed by atoms with E-state index < -0.39 is 41.7 Å². The maximum Gasteiger partial charge on any atom is 0.339 e. The molecule has 2 fully saturated rings. The van der Waals surface area contributed by atoms with Crippen molar-refractivity contribution in [2.24, 2.45) is 11.8 Å². The molecular weight excluding hydrogens is 512 g/mol. The third-order valence-electron chi connectivity index (χ3n) is 7.95. The second-order valence-electron chi connectivity index (χ2n) is 9.79. The van der Waals surface area contributed by atoms with Crippen LogP contribution in [-0.4, -0.2) is 55.8 Å². The van der Waals surface area contributed by atoms with E-state index in [9.17, 15) is 19.2 Å². The highest BCUT2D eigenvalue weighted by atomic mass is 16.5. The summed E-state index contributed by atoms with van der Waals surface area (Å²) in [6, 6.07) is 17.3. The Morgan fingerprint density at radius 1 is 0.800 bits per heavy atom. The van der Waals surface area contributed by atoms with E-state index in [1.54, 1.807) is 42.6 Å². The summed E-state index contributed by atoms with van der Waals surface area (Å²) in [7, 11) is 4.22. The van der Waals surface area contributed by atoms with Crippen molar-refractivity contribution in [1.82, 2.24) is 4.90 Å². The van der Waals surface area contributed by atoms with Crippen LogP contribution in [0.1, 0.15) is 37.9 Å². The van der Waals surface area contributed by atoms with Gasteiger partial charge in [0.15, 0.2) is 17.3 Å². The number of esters is 1. The molecule has 202 valence electrons. The number of nitrogens with zero attached hydrogens (tertiary/aromatic N) is 2. The molecule has 3 aromatic carbocycles. The highest BCUT2D eigenvalue weighted by molar-refractivity contribution is 6.26. The Labute approximate surface area is 230 Å². The molecule has 4 atom stereocenters. The first-order chi connectivity index (χ1) is 19.4. The lowest BCUT2D eigenvalue weighted by Crippen LogP contribution is -2.44. The Morgan fingerprint density at radius 3 is 2.25 bits per heavy atom. The topological polar surface area (TPSA) is 102 Å². The van der Waals surface area contributed by atoms with Gasteiger partial charge in [-0.05, 0) is 47.5 Å². The summed E-state index contributed by atoms with van der Waals surface area (Å²) < 4.78 is 15.6. The fourth-order valence-corrected chi connectivity index (χ4v) is 6.21. The van der Waals surface area contributed by atoms with Crippen molar-refractivity contribution in [2.75, 3.05) is 26.2 Å². The molecule has 9 nitrogen and oxygen atoms in total. The smallest absolute Gasteiger partial charge is 0.339 e. The Balaban J connectivity index is 1.50. The van der Waals surface area contributed by atoms with Crippen molar-refractivity contribution in [3.8, 4) is 11.5 Å². The molecule has 40 heavy (non-hydrogen) atoms. The Bertz CT molecular complexity index is 1600. The standard InChI is InChI=1S/C31H26N2O7/c1-38-22-13-12-18(16-23(22)39-2)28(34)27-25-24(26-19-9-5-4-8-17(19)14-15-32(26)27)29(35)33(30(25)36)21-11-7-6-10-20(21)31(37)40-3/h4-16,24-27H,1-3H3/t24-,25+,26+,27+/m0/s1. The van der Waals surface area contributed by atoms with Crippen LogP contribution in [0.25, 0.3) is 6.08 Å². The van der Waals surface area contributed by atoms with E-state index in [1.165, 1.54) is 27.4 Å². The molecule has 9 heteroatoms. The molecule has 0 unspecified atom stereocenters. The third-order valence-corrected chi connectivity index (χ3v) is 7.95. The number of fused-ring (bicyclic) bond motifs is 5. The van der Waals surface area contributed by atoms with Crippen LogP contribution in [0, 0.1) is 11.8 Å². The number of amides is 2. The Kier molecular flexibility index (Phi) is 6.14. The number of rotatable bonds is 6. The molecule has 0 radical (unpaired) electrons. The fourth-order valence-electron chi connectivity index (χ4n) is 6.21. The number of carbonyl (C=O) groups excluding carboxylic acids is 4. The van der Waals surface area contributed by atoms with Gasteiger partial charge < -0.3 is 19.1 Å². The minimum absolute atomic E-state index is 0.0928. The molecule has 0 saturated carbocycles. The van der Waals surface area contributed by atoms with Crippen LogP contribution in [0.4, 0.5) is 5.69 Å². The van der Waals surface area contributed by atoms with Gasteiger partial charge in [-0.2, -0.15) is 0 Å². The summed E-state index contributed by atoms with van der Waals surface area (Å²) in [5, 5.41) is 0. The number of anilines is 1. The van der Waals surface area contributed by atoms with Gasteiger partial charge >= 0.3 is 5.97 Å². The van der Waals surface area contributed by atoms with Crippen molar-refractivity contribution < 1.29 is 33.4 Å². The molecule has 0 aromatic heterocycles. The summed E-state index contributed by atoms with van der Waals surface area (Å²) in [5.41, 5.74) is 2.32. The van der Waals surface area contributed by atoms with Crippen molar-refractivity contribution in [3.63, 3.8) is 0 Å². The highest BCUT2D eigenvalue weighted by Crippen LogP contribution is 2.54. The number of hydrogen-bond acceptors (Lipinski definition) is 8. The van der Waals surface area contributed by atoms with E-state index >= 15 is 0 Å². The number of ether oxygens (including phenoxy) is 3. The molecular formula is C31H26N2O7. The van der Waals surface area contributed by atoms with Gasteiger partial charge in [0.1, 0.15) is 6.04 Å². The zero-order valence-corrected chi connectivity index (χ0v) is 22.1.